The summed E-state index contributed by atoms with van der Waals surface area (Å²) in [5.41, 5.74) is 4.19. The number of thiocarbonyl (C=S) groups is 1. The Hall–Kier alpha value is -3.75. The highest BCUT2D eigenvalue weighted by Crippen LogP contribution is 2.39. The van der Waals surface area contributed by atoms with Gasteiger partial charge >= 0.3 is 0 Å². The van der Waals surface area contributed by atoms with Crippen LogP contribution in [-0.2, 0) is 11.2 Å². The molecule has 6 rings (SSSR count). The predicted octanol–water partition coefficient (Wildman–Crippen LogP) is 6.42. The Kier molecular flexibility index (Phi) is 7.77. The van der Waals surface area contributed by atoms with E-state index in [2.05, 4.69) is 35.2 Å². The predicted molar refractivity (Wildman–Crippen MR) is 171 cm³/mol. The summed E-state index contributed by atoms with van der Waals surface area (Å²) in [6, 6.07) is 24.1. The van der Waals surface area contributed by atoms with Gasteiger partial charge < -0.3 is 4.90 Å². The number of anilines is 1. The molecule has 2 saturated heterocycles. The van der Waals surface area contributed by atoms with Crippen molar-refractivity contribution in [1.29, 1.82) is 0 Å². The van der Waals surface area contributed by atoms with Crippen molar-refractivity contribution in [1.82, 2.24) is 14.3 Å². The number of fused-ring (bicyclic) bond motifs is 1. The molecule has 0 unspecified atom stereocenters. The first-order chi connectivity index (χ1) is 19.9. The minimum absolute atomic E-state index is 0.179. The maximum absolute atomic E-state index is 13.9. The third kappa shape index (κ3) is 5.46. The van der Waals surface area contributed by atoms with Gasteiger partial charge in [-0.3, -0.25) is 18.9 Å². The van der Waals surface area contributed by atoms with Gasteiger partial charge in [-0.2, -0.15) is 0 Å². The van der Waals surface area contributed by atoms with Crippen molar-refractivity contribution in [2.45, 2.75) is 39.2 Å². The van der Waals surface area contributed by atoms with Crippen LogP contribution in [0.1, 0.15) is 48.1 Å². The largest absolute Gasteiger partial charge is 0.356 e. The van der Waals surface area contributed by atoms with Crippen LogP contribution in [0.2, 0.25) is 0 Å². The highest BCUT2D eigenvalue weighted by Gasteiger charge is 2.36. The van der Waals surface area contributed by atoms with E-state index in [1.807, 2.05) is 56.3 Å². The molecule has 6 nitrogen and oxygen atoms in total. The molecule has 8 heteroatoms. The average Bonchev–Trinajstić information content (AvgIpc) is 3.28. The van der Waals surface area contributed by atoms with Gasteiger partial charge in [0, 0.05) is 19.3 Å². The van der Waals surface area contributed by atoms with Crippen molar-refractivity contribution in [3.05, 3.63) is 117 Å². The number of benzene rings is 2. The molecular formula is C33H32N4O2S2. The van der Waals surface area contributed by atoms with E-state index >= 15 is 0 Å². The van der Waals surface area contributed by atoms with E-state index in [1.54, 1.807) is 21.6 Å². The van der Waals surface area contributed by atoms with E-state index in [4.69, 9.17) is 17.2 Å². The second-order valence-electron chi connectivity index (χ2n) is 10.8. The van der Waals surface area contributed by atoms with Crippen molar-refractivity contribution in [3.8, 4) is 0 Å². The number of rotatable bonds is 6. The fourth-order valence-corrected chi connectivity index (χ4v) is 7.19. The normalized spacial score (nSPS) is 18.0. The number of piperidine rings is 1. The zero-order valence-electron chi connectivity index (χ0n) is 23.2. The topological polar surface area (TPSA) is 57.9 Å². The number of aromatic nitrogens is 2. The zero-order valence-corrected chi connectivity index (χ0v) is 24.8. The summed E-state index contributed by atoms with van der Waals surface area (Å²) in [7, 11) is 0. The number of amides is 1. The van der Waals surface area contributed by atoms with Crippen molar-refractivity contribution in [3.63, 3.8) is 0 Å². The quantitative estimate of drug-likeness (QED) is 0.194. The highest BCUT2D eigenvalue weighted by atomic mass is 32.2. The molecule has 4 aromatic rings. The molecule has 0 N–H and O–H groups in total. The first kappa shape index (κ1) is 27.4. The molecule has 1 amide bonds. The van der Waals surface area contributed by atoms with Crippen LogP contribution >= 0.6 is 24.0 Å². The fourth-order valence-electron chi connectivity index (χ4n) is 5.79. The minimum atomic E-state index is -0.212. The number of aryl methyl sites for hydroxylation is 1. The van der Waals surface area contributed by atoms with Crippen molar-refractivity contribution in [2.75, 3.05) is 18.0 Å². The molecule has 0 aliphatic carbocycles. The van der Waals surface area contributed by atoms with E-state index in [0.29, 0.717) is 32.2 Å². The Morgan fingerprint density at radius 2 is 1.68 bits per heavy atom. The third-order valence-electron chi connectivity index (χ3n) is 8.11. The maximum Gasteiger partial charge on any atom is 0.267 e. The molecular weight excluding hydrogens is 549 g/mol. The van der Waals surface area contributed by atoms with Crippen LogP contribution in [0.25, 0.3) is 11.7 Å². The third-order valence-corrected chi connectivity index (χ3v) is 9.44. The van der Waals surface area contributed by atoms with E-state index < -0.39 is 0 Å². The molecule has 2 aromatic carbocycles. The molecule has 0 radical (unpaired) electrons. The Bertz CT molecular complexity index is 1690. The molecule has 2 aromatic heterocycles. The Balaban J connectivity index is 1.34. The number of hydrogen-bond acceptors (Lipinski definition) is 6. The van der Waals surface area contributed by atoms with Crippen LogP contribution in [0.3, 0.4) is 0 Å². The summed E-state index contributed by atoms with van der Waals surface area (Å²) in [4.78, 5) is 37.0. The summed E-state index contributed by atoms with van der Waals surface area (Å²) >= 11 is 6.90. The monoisotopic (exact) mass is 580 g/mol. The van der Waals surface area contributed by atoms with Gasteiger partial charge in [-0.1, -0.05) is 90.7 Å². The van der Waals surface area contributed by atoms with Crippen LogP contribution in [0.5, 0.6) is 0 Å². The molecule has 1 atom stereocenters. The van der Waals surface area contributed by atoms with Gasteiger partial charge in [-0.15, -0.1) is 0 Å². The van der Waals surface area contributed by atoms with E-state index in [-0.39, 0.29) is 17.5 Å². The number of carbonyl (C=O) groups excluding carboxylic acids is 1. The number of carbonyl (C=O) groups is 1. The van der Waals surface area contributed by atoms with Crippen molar-refractivity contribution in [2.24, 2.45) is 5.92 Å². The number of thioether (sulfide) groups is 1. The van der Waals surface area contributed by atoms with E-state index in [9.17, 15) is 9.59 Å². The summed E-state index contributed by atoms with van der Waals surface area (Å²) in [5.74, 6) is 1.04. The molecule has 0 bridgehead atoms. The molecule has 0 spiro atoms. The molecule has 0 saturated carbocycles. The van der Waals surface area contributed by atoms with Crippen LogP contribution < -0.4 is 10.5 Å². The molecule has 2 fully saturated rings. The molecule has 41 heavy (non-hydrogen) atoms. The second-order valence-corrected chi connectivity index (χ2v) is 12.5. The molecule has 208 valence electrons. The number of nitrogens with zero attached hydrogens (tertiary/aromatic N) is 4. The van der Waals surface area contributed by atoms with Crippen LogP contribution in [0.4, 0.5) is 5.82 Å². The Morgan fingerprint density at radius 1 is 1.00 bits per heavy atom. The number of hydrogen-bond donors (Lipinski definition) is 0. The van der Waals surface area contributed by atoms with Crippen LogP contribution in [-0.4, -0.2) is 37.6 Å². The lowest BCUT2D eigenvalue weighted by molar-refractivity contribution is -0.123. The second kappa shape index (κ2) is 11.6. The van der Waals surface area contributed by atoms with Crippen LogP contribution in [0.15, 0.2) is 88.7 Å². The van der Waals surface area contributed by atoms with E-state index in [0.717, 1.165) is 43.5 Å². The summed E-state index contributed by atoms with van der Waals surface area (Å²) in [6.07, 6.45) is 6.54. The van der Waals surface area contributed by atoms with Gasteiger partial charge in [-0.25, -0.2) is 4.98 Å². The fraction of sp³-hybridized carbons (Fsp3) is 0.273. The van der Waals surface area contributed by atoms with Gasteiger partial charge in [0.1, 0.15) is 15.8 Å². The van der Waals surface area contributed by atoms with Gasteiger partial charge in [0.25, 0.3) is 11.5 Å². The highest BCUT2D eigenvalue weighted by molar-refractivity contribution is 8.26. The zero-order chi connectivity index (χ0) is 28.5. The summed E-state index contributed by atoms with van der Waals surface area (Å²) in [6.45, 7) is 5.55. The Morgan fingerprint density at radius 3 is 2.39 bits per heavy atom. The molecule has 2 aliphatic heterocycles. The summed E-state index contributed by atoms with van der Waals surface area (Å²) < 4.78 is 2.07. The lowest BCUT2D eigenvalue weighted by atomic mass is 9.90. The van der Waals surface area contributed by atoms with Crippen LogP contribution in [0, 0.1) is 12.8 Å². The first-order valence-electron chi connectivity index (χ1n) is 14.0. The van der Waals surface area contributed by atoms with Crippen molar-refractivity contribution < 1.29 is 4.79 Å². The van der Waals surface area contributed by atoms with Gasteiger partial charge in [0.15, 0.2) is 0 Å². The van der Waals surface area contributed by atoms with Gasteiger partial charge in [-0.05, 0) is 67.9 Å². The lowest BCUT2D eigenvalue weighted by Gasteiger charge is -2.33. The lowest BCUT2D eigenvalue weighted by Crippen LogP contribution is -2.37. The van der Waals surface area contributed by atoms with E-state index in [1.165, 1.54) is 17.3 Å². The Labute approximate surface area is 249 Å². The molecule has 2 aliphatic rings. The smallest absolute Gasteiger partial charge is 0.267 e. The minimum Gasteiger partial charge on any atom is -0.356 e. The average molecular weight is 581 g/mol. The number of pyridine rings is 1. The SMILES string of the molecule is Cc1cccn2c(=O)c(/C=C3/SC(=S)N([C@H](C)c4ccccc4)C3=O)c(N3CCC(Cc4ccccc4)CC3)nc12. The standard InChI is InChI=1S/C33H32N4O2S2/c1-22-10-9-17-36-29(22)34-30(35-18-15-25(16-19-35)20-24-11-5-3-6-12-24)27(31(36)38)21-28-32(39)37(33(40)41-28)23(2)26-13-7-4-8-14-26/h3-14,17,21,23,25H,15-16,18-20H2,1-2H3/b28-21+/t23-/m1/s1. The van der Waals surface area contributed by atoms with Gasteiger partial charge in [0.05, 0.1) is 16.5 Å². The summed E-state index contributed by atoms with van der Waals surface area (Å²) in [5, 5.41) is 0. The maximum atomic E-state index is 13.9. The van der Waals surface area contributed by atoms with Crippen molar-refractivity contribution >= 4 is 51.7 Å². The van der Waals surface area contributed by atoms with Gasteiger partial charge in [0.2, 0.25) is 0 Å². The molecule has 4 heterocycles. The first-order valence-corrected chi connectivity index (χ1v) is 15.3.